The molecule has 1 N–H and O–H groups in total. The summed E-state index contributed by atoms with van der Waals surface area (Å²) < 4.78 is 1.77. The third-order valence-corrected chi connectivity index (χ3v) is 3.89. The molecule has 2 rings (SSSR count). The highest BCUT2D eigenvalue weighted by Crippen LogP contribution is 2.24. The molecule has 1 fully saturated rings. The first kappa shape index (κ1) is 14.8. The number of aromatic nitrogens is 2. The summed E-state index contributed by atoms with van der Waals surface area (Å²) in [4.78, 5) is 25.6. The van der Waals surface area contributed by atoms with Crippen LogP contribution in [0.4, 0.5) is 0 Å². The molecule has 110 valence electrons. The van der Waals surface area contributed by atoms with Gasteiger partial charge in [-0.2, -0.15) is 5.10 Å². The molecule has 2 heterocycles. The smallest absolute Gasteiger partial charge is 0.248 e. The van der Waals surface area contributed by atoms with Crippen LogP contribution in [0.1, 0.15) is 32.2 Å². The summed E-state index contributed by atoms with van der Waals surface area (Å²) in [5.74, 6) is -0.278. The molecule has 0 atom stereocenters. The summed E-state index contributed by atoms with van der Waals surface area (Å²) in [6.07, 6.45) is 0. The van der Waals surface area contributed by atoms with Crippen LogP contribution in [0, 0.1) is 6.92 Å². The summed E-state index contributed by atoms with van der Waals surface area (Å²) >= 11 is 6.25. The van der Waals surface area contributed by atoms with Crippen molar-refractivity contribution < 1.29 is 9.59 Å². The van der Waals surface area contributed by atoms with Gasteiger partial charge in [-0.05, 0) is 27.7 Å². The van der Waals surface area contributed by atoms with Gasteiger partial charge in [0.05, 0.1) is 23.0 Å². The second-order valence-corrected chi connectivity index (χ2v) is 5.87. The van der Waals surface area contributed by atoms with Crippen molar-refractivity contribution in [3.63, 3.8) is 0 Å². The second-order valence-electron chi connectivity index (χ2n) is 5.50. The van der Waals surface area contributed by atoms with E-state index in [1.165, 1.54) is 4.90 Å². The lowest BCUT2D eigenvalue weighted by Gasteiger charge is -2.37. The van der Waals surface area contributed by atoms with Gasteiger partial charge in [-0.15, -0.1) is 0 Å². The van der Waals surface area contributed by atoms with Crippen molar-refractivity contribution in [3.05, 3.63) is 16.4 Å². The highest BCUT2D eigenvalue weighted by molar-refractivity contribution is 6.31. The van der Waals surface area contributed by atoms with Crippen molar-refractivity contribution in [2.75, 3.05) is 6.54 Å². The van der Waals surface area contributed by atoms with Gasteiger partial charge in [-0.1, -0.05) is 11.6 Å². The number of halogens is 1. The SMILES string of the molecule is CCn1nc(C)c(Cl)c1CN1CC(=O)NC(C)(C)C1=O. The van der Waals surface area contributed by atoms with Gasteiger partial charge in [0.1, 0.15) is 12.1 Å². The lowest BCUT2D eigenvalue weighted by atomic mass is 10.0. The topological polar surface area (TPSA) is 67.2 Å². The fourth-order valence-corrected chi connectivity index (χ4v) is 2.61. The lowest BCUT2D eigenvalue weighted by molar-refractivity contribution is -0.149. The fourth-order valence-electron chi connectivity index (χ4n) is 2.41. The number of amides is 2. The minimum Gasteiger partial charge on any atom is -0.341 e. The standard InChI is InChI=1S/C13H19ClN4O2/c1-5-18-9(11(14)8(2)16-18)6-17-7-10(19)15-13(3,4)12(17)20/h5-7H2,1-4H3,(H,15,19). The number of hydrogen-bond acceptors (Lipinski definition) is 3. The highest BCUT2D eigenvalue weighted by atomic mass is 35.5. The molecule has 0 unspecified atom stereocenters. The summed E-state index contributed by atoms with van der Waals surface area (Å²) in [6.45, 7) is 8.19. The molecule has 1 aromatic rings. The number of nitrogens with zero attached hydrogens (tertiary/aromatic N) is 3. The van der Waals surface area contributed by atoms with E-state index in [1.807, 2.05) is 13.8 Å². The maximum Gasteiger partial charge on any atom is 0.248 e. The molecule has 1 aliphatic rings. The van der Waals surface area contributed by atoms with Gasteiger partial charge in [0, 0.05) is 6.54 Å². The Morgan fingerprint density at radius 1 is 1.40 bits per heavy atom. The van der Waals surface area contributed by atoms with E-state index in [-0.39, 0.29) is 18.4 Å². The molecule has 2 amide bonds. The van der Waals surface area contributed by atoms with Gasteiger partial charge in [-0.3, -0.25) is 14.3 Å². The summed E-state index contributed by atoms with van der Waals surface area (Å²) in [5.41, 5.74) is 0.621. The summed E-state index contributed by atoms with van der Waals surface area (Å²) in [7, 11) is 0. The molecule has 1 aliphatic heterocycles. The van der Waals surface area contributed by atoms with Crippen molar-refractivity contribution in [2.24, 2.45) is 0 Å². The first-order valence-corrected chi connectivity index (χ1v) is 6.96. The van der Waals surface area contributed by atoms with E-state index in [2.05, 4.69) is 10.4 Å². The zero-order chi connectivity index (χ0) is 15.1. The summed E-state index contributed by atoms with van der Waals surface area (Å²) in [6, 6.07) is 0. The molecule has 1 aromatic heterocycles. The Kier molecular flexibility index (Phi) is 3.77. The number of hydrogen-bond donors (Lipinski definition) is 1. The van der Waals surface area contributed by atoms with E-state index >= 15 is 0 Å². The number of piperazine rings is 1. The van der Waals surface area contributed by atoms with Gasteiger partial charge < -0.3 is 10.2 Å². The quantitative estimate of drug-likeness (QED) is 0.909. The van der Waals surface area contributed by atoms with Crippen LogP contribution in [0.15, 0.2) is 0 Å². The fraction of sp³-hybridized carbons (Fsp3) is 0.615. The molecule has 6 nitrogen and oxygen atoms in total. The minimum atomic E-state index is -0.881. The zero-order valence-electron chi connectivity index (χ0n) is 12.2. The molecule has 0 aliphatic carbocycles. The van der Waals surface area contributed by atoms with Crippen molar-refractivity contribution in [2.45, 2.75) is 46.3 Å². The van der Waals surface area contributed by atoms with Crippen molar-refractivity contribution >= 4 is 23.4 Å². The van der Waals surface area contributed by atoms with Crippen molar-refractivity contribution in [1.29, 1.82) is 0 Å². The second kappa shape index (κ2) is 5.09. The molecular weight excluding hydrogens is 280 g/mol. The van der Waals surface area contributed by atoms with Crippen molar-refractivity contribution in [3.8, 4) is 0 Å². The largest absolute Gasteiger partial charge is 0.341 e. The Labute approximate surface area is 123 Å². The molecular formula is C13H19ClN4O2. The van der Waals surface area contributed by atoms with Crippen LogP contribution in [-0.2, 0) is 22.7 Å². The van der Waals surface area contributed by atoms with Gasteiger partial charge in [0.25, 0.3) is 0 Å². The highest BCUT2D eigenvalue weighted by Gasteiger charge is 2.39. The zero-order valence-corrected chi connectivity index (χ0v) is 12.9. The molecule has 0 spiro atoms. The minimum absolute atomic E-state index is 0.0481. The van der Waals surface area contributed by atoms with Crippen molar-refractivity contribution in [1.82, 2.24) is 20.0 Å². The molecule has 0 bridgehead atoms. The average molecular weight is 299 g/mol. The third-order valence-electron chi connectivity index (χ3n) is 3.40. The number of rotatable bonds is 3. The van der Waals surface area contributed by atoms with Gasteiger partial charge in [-0.25, -0.2) is 0 Å². The number of carbonyl (C=O) groups excluding carboxylic acids is 2. The Morgan fingerprint density at radius 3 is 2.65 bits per heavy atom. The van der Waals surface area contributed by atoms with Crippen LogP contribution in [-0.4, -0.2) is 38.6 Å². The molecule has 0 aromatic carbocycles. The summed E-state index contributed by atoms with van der Waals surface area (Å²) in [5, 5.41) is 7.56. The van der Waals surface area contributed by atoms with Gasteiger partial charge in [0.15, 0.2) is 0 Å². The van der Waals surface area contributed by atoms with E-state index in [0.717, 1.165) is 11.4 Å². The molecule has 0 radical (unpaired) electrons. The Morgan fingerprint density at radius 2 is 2.05 bits per heavy atom. The average Bonchev–Trinajstić information content (AvgIpc) is 2.62. The Hall–Kier alpha value is -1.56. The first-order valence-electron chi connectivity index (χ1n) is 6.58. The number of nitrogens with one attached hydrogen (secondary N) is 1. The van der Waals surface area contributed by atoms with E-state index in [9.17, 15) is 9.59 Å². The number of aryl methyl sites for hydroxylation is 2. The maximum atomic E-state index is 12.4. The van der Waals surface area contributed by atoms with E-state index < -0.39 is 5.54 Å². The van der Waals surface area contributed by atoms with Crippen LogP contribution in [0.5, 0.6) is 0 Å². The van der Waals surface area contributed by atoms with Crippen LogP contribution in [0.3, 0.4) is 0 Å². The van der Waals surface area contributed by atoms with Crippen LogP contribution in [0.2, 0.25) is 5.02 Å². The van der Waals surface area contributed by atoms with E-state index in [1.54, 1.807) is 18.5 Å². The molecule has 1 saturated heterocycles. The normalized spacial score (nSPS) is 18.4. The maximum absolute atomic E-state index is 12.4. The number of carbonyl (C=O) groups is 2. The van der Waals surface area contributed by atoms with Crippen LogP contribution >= 0.6 is 11.6 Å². The van der Waals surface area contributed by atoms with E-state index in [0.29, 0.717) is 18.1 Å². The Bertz CT molecular complexity index is 565. The predicted molar refractivity (Wildman–Crippen MR) is 75.3 cm³/mol. The lowest BCUT2D eigenvalue weighted by Crippen LogP contribution is -2.63. The molecule has 20 heavy (non-hydrogen) atoms. The van der Waals surface area contributed by atoms with Gasteiger partial charge in [0.2, 0.25) is 11.8 Å². The molecule has 7 heteroatoms. The molecule has 0 saturated carbocycles. The van der Waals surface area contributed by atoms with Crippen LogP contribution in [0.25, 0.3) is 0 Å². The predicted octanol–water partition coefficient (Wildman–Crippen LogP) is 1.10. The van der Waals surface area contributed by atoms with E-state index in [4.69, 9.17) is 11.6 Å². The monoisotopic (exact) mass is 298 g/mol. The van der Waals surface area contributed by atoms with Crippen LogP contribution < -0.4 is 5.32 Å². The third kappa shape index (κ3) is 2.52. The Balaban J connectivity index is 2.29. The van der Waals surface area contributed by atoms with Gasteiger partial charge >= 0.3 is 0 Å². The first-order chi connectivity index (χ1) is 9.26.